The molecule has 1 saturated heterocycles. The first-order valence-corrected chi connectivity index (χ1v) is 13.9. The number of ether oxygens (including phenoxy) is 3. The summed E-state index contributed by atoms with van der Waals surface area (Å²) in [6, 6.07) is 0. The molecular formula is C25H43ClN8O4. The summed E-state index contributed by atoms with van der Waals surface area (Å²) < 4.78 is 17.2. The molecule has 1 saturated carbocycles. The first-order chi connectivity index (χ1) is 18.4. The van der Waals surface area contributed by atoms with Crippen molar-refractivity contribution in [3.8, 4) is 0 Å². The maximum Gasteiger partial charge on any atom is 0.280 e. The number of carbonyl (C=O) groups is 1. The maximum absolute atomic E-state index is 12.4. The highest BCUT2D eigenvalue weighted by molar-refractivity contribution is 6.32. The Morgan fingerprint density at radius 3 is 2.74 bits per heavy atom. The monoisotopic (exact) mass is 554 g/mol. The molecule has 13 heteroatoms. The molecular weight excluding hydrogens is 512 g/mol. The number of nitrogens with two attached hydrogens (primary N) is 2. The van der Waals surface area contributed by atoms with Crippen LogP contribution in [0.2, 0.25) is 5.15 Å². The number of aliphatic imine (C=N–C) groups is 1. The highest BCUT2D eigenvalue weighted by Gasteiger charge is 2.22. The van der Waals surface area contributed by atoms with Gasteiger partial charge in [-0.3, -0.25) is 15.1 Å². The smallest absolute Gasteiger partial charge is 0.280 e. The van der Waals surface area contributed by atoms with Crippen LogP contribution in [0.5, 0.6) is 0 Å². The van der Waals surface area contributed by atoms with Gasteiger partial charge in [0.2, 0.25) is 0 Å². The third-order valence-electron chi connectivity index (χ3n) is 6.85. The van der Waals surface area contributed by atoms with E-state index in [0.717, 1.165) is 64.3 Å². The number of halogens is 1. The second kappa shape index (κ2) is 16.0. The van der Waals surface area contributed by atoms with Crippen molar-refractivity contribution >= 4 is 35.1 Å². The summed E-state index contributed by atoms with van der Waals surface area (Å²) >= 11 is 5.98. The highest BCUT2D eigenvalue weighted by Crippen LogP contribution is 2.29. The van der Waals surface area contributed by atoms with Crippen LogP contribution in [-0.2, 0) is 14.2 Å². The largest absolute Gasteiger partial charge is 0.382 e. The van der Waals surface area contributed by atoms with Gasteiger partial charge in [0.1, 0.15) is 0 Å². The van der Waals surface area contributed by atoms with Gasteiger partial charge < -0.3 is 36.3 Å². The van der Waals surface area contributed by atoms with Gasteiger partial charge >= 0.3 is 0 Å². The average molecular weight is 555 g/mol. The van der Waals surface area contributed by atoms with Gasteiger partial charge in [0.05, 0.1) is 25.4 Å². The van der Waals surface area contributed by atoms with Gasteiger partial charge in [0.25, 0.3) is 5.91 Å². The molecule has 12 nitrogen and oxygen atoms in total. The van der Waals surface area contributed by atoms with Crippen molar-refractivity contribution in [3.63, 3.8) is 0 Å². The standard InChI is InChI=1S/C25H43ClN8O4/c1-16-36-13-10-19(38-16)15-30-12-14-37-18-8-6-17(7-9-18)5-3-4-11-31-25(28)34-24(35)20-22(27)33-23(29-2)21(26)32-20/h16-19,30H,3-15H2,1-2H3,(H3,27,29,33)(H3,28,31,34,35). The van der Waals surface area contributed by atoms with E-state index in [2.05, 4.69) is 30.9 Å². The molecule has 2 aliphatic rings. The summed E-state index contributed by atoms with van der Waals surface area (Å²) in [5.41, 5.74) is 11.6. The van der Waals surface area contributed by atoms with Crippen LogP contribution in [0, 0.1) is 5.92 Å². The summed E-state index contributed by atoms with van der Waals surface area (Å²) in [6.45, 7) is 5.66. The Hall–Kier alpha value is -2.25. The molecule has 38 heavy (non-hydrogen) atoms. The number of hydrogen-bond acceptors (Lipinski definition) is 10. The molecule has 7 N–H and O–H groups in total. The van der Waals surface area contributed by atoms with E-state index in [1.165, 1.54) is 19.3 Å². The fourth-order valence-corrected chi connectivity index (χ4v) is 4.98. The van der Waals surface area contributed by atoms with Gasteiger partial charge in [-0.2, -0.15) is 0 Å². The Morgan fingerprint density at radius 2 is 2.00 bits per heavy atom. The lowest BCUT2D eigenvalue weighted by molar-refractivity contribution is -0.200. The quantitative estimate of drug-likeness (QED) is 0.138. The molecule has 1 aliphatic carbocycles. The van der Waals surface area contributed by atoms with Gasteiger partial charge in [-0.1, -0.05) is 24.4 Å². The van der Waals surface area contributed by atoms with Crippen LogP contribution in [-0.4, -0.2) is 80.2 Å². The minimum atomic E-state index is -0.599. The molecule has 2 heterocycles. The number of amides is 1. The Bertz CT molecular complexity index is 914. The van der Waals surface area contributed by atoms with E-state index in [1.54, 1.807) is 7.05 Å². The Morgan fingerprint density at radius 1 is 1.21 bits per heavy atom. The number of anilines is 2. The van der Waals surface area contributed by atoms with Crippen molar-refractivity contribution < 1.29 is 19.0 Å². The fraction of sp³-hybridized carbons (Fsp3) is 0.760. The van der Waals surface area contributed by atoms with Gasteiger partial charge in [-0.05, 0) is 51.4 Å². The number of nitrogens with one attached hydrogen (secondary N) is 3. The van der Waals surface area contributed by atoms with Crippen molar-refractivity contribution in [3.05, 3.63) is 10.8 Å². The van der Waals surface area contributed by atoms with Crippen LogP contribution < -0.4 is 27.4 Å². The molecule has 2 fully saturated rings. The summed E-state index contributed by atoms with van der Waals surface area (Å²) in [6.07, 6.45) is 9.19. The van der Waals surface area contributed by atoms with Gasteiger partial charge in [0.15, 0.2) is 34.7 Å². The van der Waals surface area contributed by atoms with Crippen LogP contribution in [0.4, 0.5) is 11.6 Å². The van der Waals surface area contributed by atoms with Crippen LogP contribution in [0.3, 0.4) is 0 Å². The molecule has 0 bridgehead atoms. The summed E-state index contributed by atoms with van der Waals surface area (Å²) in [5, 5.41) is 8.72. The van der Waals surface area contributed by atoms with Crippen molar-refractivity contribution in [1.29, 1.82) is 0 Å². The molecule has 0 aromatic carbocycles. The number of nitrogen functional groups attached to an aromatic ring is 1. The molecule has 1 aromatic heterocycles. The van der Waals surface area contributed by atoms with Crippen molar-refractivity contribution in [1.82, 2.24) is 20.6 Å². The number of guanidine groups is 1. The minimum absolute atomic E-state index is 0.0204. The highest BCUT2D eigenvalue weighted by atomic mass is 35.5. The Kier molecular flexibility index (Phi) is 12.7. The number of hydrogen-bond donors (Lipinski definition) is 5. The summed E-state index contributed by atoms with van der Waals surface area (Å²) in [5.74, 6) is 0.401. The normalized spacial score (nSPS) is 24.2. The Labute approximate surface area is 230 Å². The van der Waals surface area contributed by atoms with Gasteiger partial charge in [0, 0.05) is 26.7 Å². The van der Waals surface area contributed by atoms with Crippen molar-refractivity contribution in [2.75, 3.05) is 50.9 Å². The van der Waals surface area contributed by atoms with Crippen LogP contribution >= 0.6 is 11.6 Å². The van der Waals surface area contributed by atoms with E-state index in [-0.39, 0.29) is 35.0 Å². The van der Waals surface area contributed by atoms with Crippen molar-refractivity contribution in [2.45, 2.75) is 76.8 Å². The summed E-state index contributed by atoms with van der Waals surface area (Å²) in [4.78, 5) is 24.6. The van der Waals surface area contributed by atoms with E-state index in [9.17, 15) is 4.79 Å². The van der Waals surface area contributed by atoms with Gasteiger partial charge in [-0.25, -0.2) is 9.97 Å². The SMILES string of the molecule is CNc1nc(N)c(C(=O)NC(N)=NCCCCC2CCC(OCCNCC3CCOC(C)O3)CC2)nc1Cl. The minimum Gasteiger partial charge on any atom is -0.382 e. The predicted octanol–water partition coefficient (Wildman–Crippen LogP) is 2.29. The van der Waals surface area contributed by atoms with E-state index in [1.807, 2.05) is 6.92 Å². The van der Waals surface area contributed by atoms with Crippen LogP contribution in [0.25, 0.3) is 0 Å². The van der Waals surface area contributed by atoms with E-state index >= 15 is 0 Å². The van der Waals surface area contributed by atoms with E-state index in [4.69, 9.17) is 37.3 Å². The summed E-state index contributed by atoms with van der Waals surface area (Å²) in [7, 11) is 1.63. The van der Waals surface area contributed by atoms with Gasteiger partial charge in [-0.15, -0.1) is 0 Å². The fourth-order valence-electron chi connectivity index (χ4n) is 4.76. The molecule has 0 spiro atoms. The molecule has 1 amide bonds. The number of nitrogens with zero attached hydrogens (tertiary/aromatic N) is 3. The lowest BCUT2D eigenvalue weighted by Gasteiger charge is -2.29. The second-order valence-electron chi connectivity index (χ2n) is 9.77. The lowest BCUT2D eigenvalue weighted by atomic mass is 9.84. The first-order valence-electron chi connectivity index (χ1n) is 13.6. The van der Waals surface area contributed by atoms with Crippen molar-refractivity contribution in [2.24, 2.45) is 16.6 Å². The molecule has 2 unspecified atom stereocenters. The van der Waals surface area contributed by atoms with E-state index < -0.39 is 5.91 Å². The maximum atomic E-state index is 12.4. The predicted molar refractivity (Wildman–Crippen MR) is 148 cm³/mol. The zero-order valence-corrected chi connectivity index (χ0v) is 23.3. The zero-order valence-electron chi connectivity index (χ0n) is 22.5. The van der Waals surface area contributed by atoms with Crippen LogP contribution in [0.1, 0.15) is 68.8 Å². The number of aromatic nitrogens is 2. The second-order valence-corrected chi connectivity index (χ2v) is 10.1. The van der Waals surface area contributed by atoms with Crippen LogP contribution in [0.15, 0.2) is 4.99 Å². The molecule has 3 rings (SSSR count). The van der Waals surface area contributed by atoms with E-state index in [0.29, 0.717) is 18.5 Å². The molecule has 0 radical (unpaired) electrons. The number of rotatable bonds is 13. The topological polar surface area (TPSA) is 171 Å². The molecule has 214 valence electrons. The third kappa shape index (κ3) is 10.1. The molecule has 1 aromatic rings. The lowest BCUT2D eigenvalue weighted by Crippen LogP contribution is -2.38. The Balaban J connectivity index is 1.22. The zero-order chi connectivity index (χ0) is 27.3. The number of carbonyl (C=O) groups excluding carboxylic acids is 1. The molecule has 1 aliphatic heterocycles. The first kappa shape index (κ1) is 30.3. The molecule has 2 atom stereocenters. The average Bonchev–Trinajstić information content (AvgIpc) is 2.90. The third-order valence-corrected chi connectivity index (χ3v) is 7.11. The number of unbranched alkanes of at least 4 members (excludes halogenated alkanes) is 1.